The maximum Gasteiger partial charge on any atom is 0.205 e. The third kappa shape index (κ3) is 2.08. The van der Waals surface area contributed by atoms with Gasteiger partial charge in [0.2, 0.25) is 5.95 Å². The second-order valence-electron chi connectivity index (χ2n) is 4.91. The summed E-state index contributed by atoms with van der Waals surface area (Å²) in [6, 6.07) is 9.17. The SMILES string of the molecule is Cc1cc(C)cc(-n2c(N)nc3cc(Br)c(F)cc32)c1. The number of nitrogen functional groups attached to an aromatic ring is 1. The molecule has 0 fully saturated rings. The Morgan fingerprint density at radius 3 is 2.40 bits per heavy atom. The molecular formula is C15H13BrFN3. The van der Waals surface area contributed by atoms with E-state index >= 15 is 0 Å². The number of benzene rings is 2. The number of halogens is 2. The van der Waals surface area contributed by atoms with E-state index in [0.717, 1.165) is 16.8 Å². The number of fused-ring (bicyclic) bond motifs is 1. The van der Waals surface area contributed by atoms with Gasteiger partial charge in [-0.15, -0.1) is 0 Å². The van der Waals surface area contributed by atoms with E-state index in [9.17, 15) is 4.39 Å². The van der Waals surface area contributed by atoms with Crippen LogP contribution in [0.3, 0.4) is 0 Å². The van der Waals surface area contributed by atoms with Crippen molar-refractivity contribution in [1.29, 1.82) is 0 Å². The Balaban J connectivity index is 2.35. The molecule has 3 aromatic rings. The third-order valence-corrected chi connectivity index (χ3v) is 3.79. The fourth-order valence-corrected chi connectivity index (χ4v) is 2.77. The lowest BCUT2D eigenvalue weighted by molar-refractivity contribution is 0.622. The van der Waals surface area contributed by atoms with Gasteiger partial charge in [-0.2, -0.15) is 0 Å². The molecule has 0 aliphatic heterocycles. The molecule has 0 spiro atoms. The van der Waals surface area contributed by atoms with Crippen molar-refractivity contribution in [2.45, 2.75) is 13.8 Å². The number of anilines is 1. The van der Waals surface area contributed by atoms with Crippen molar-refractivity contribution in [2.75, 3.05) is 5.73 Å². The average molecular weight is 334 g/mol. The molecule has 3 nitrogen and oxygen atoms in total. The summed E-state index contributed by atoms with van der Waals surface area (Å²) in [5.74, 6) is 0.0190. The number of nitrogens with zero attached hydrogens (tertiary/aromatic N) is 2. The van der Waals surface area contributed by atoms with Crippen molar-refractivity contribution >= 4 is 32.9 Å². The number of hydrogen-bond donors (Lipinski definition) is 1. The maximum atomic E-state index is 13.8. The van der Waals surface area contributed by atoms with E-state index < -0.39 is 0 Å². The van der Waals surface area contributed by atoms with Crippen LogP contribution in [0.1, 0.15) is 11.1 Å². The summed E-state index contributed by atoms with van der Waals surface area (Å²) in [5, 5.41) is 0. The van der Waals surface area contributed by atoms with Crippen LogP contribution in [-0.2, 0) is 0 Å². The van der Waals surface area contributed by atoms with Gasteiger partial charge in [-0.05, 0) is 59.1 Å². The average Bonchev–Trinajstić information content (AvgIpc) is 2.64. The minimum atomic E-state index is -0.331. The molecule has 0 saturated heterocycles. The predicted octanol–water partition coefficient (Wildman–Crippen LogP) is 4.13. The molecule has 1 heterocycles. The van der Waals surface area contributed by atoms with Crippen molar-refractivity contribution in [2.24, 2.45) is 0 Å². The van der Waals surface area contributed by atoms with Gasteiger partial charge in [0.15, 0.2) is 0 Å². The molecule has 2 N–H and O–H groups in total. The van der Waals surface area contributed by atoms with Crippen molar-refractivity contribution in [3.63, 3.8) is 0 Å². The van der Waals surface area contributed by atoms with Gasteiger partial charge in [-0.1, -0.05) is 6.07 Å². The van der Waals surface area contributed by atoms with E-state index in [1.165, 1.54) is 6.07 Å². The molecule has 0 radical (unpaired) electrons. The monoisotopic (exact) mass is 333 g/mol. The van der Waals surface area contributed by atoms with Gasteiger partial charge in [0.1, 0.15) is 5.82 Å². The molecule has 0 unspecified atom stereocenters. The molecule has 2 aromatic carbocycles. The lowest BCUT2D eigenvalue weighted by Crippen LogP contribution is -2.01. The first kappa shape index (κ1) is 13.1. The molecule has 0 atom stereocenters. The second-order valence-corrected chi connectivity index (χ2v) is 5.76. The quantitative estimate of drug-likeness (QED) is 0.727. The van der Waals surface area contributed by atoms with Crippen LogP contribution in [0.15, 0.2) is 34.8 Å². The summed E-state index contributed by atoms with van der Waals surface area (Å²) in [4.78, 5) is 4.29. The summed E-state index contributed by atoms with van der Waals surface area (Å²) in [7, 11) is 0. The lowest BCUT2D eigenvalue weighted by Gasteiger charge is -2.09. The molecule has 3 rings (SSSR count). The predicted molar refractivity (Wildman–Crippen MR) is 82.6 cm³/mol. The molecule has 20 heavy (non-hydrogen) atoms. The summed E-state index contributed by atoms with van der Waals surface area (Å²) in [6.07, 6.45) is 0. The Labute approximate surface area is 124 Å². The fourth-order valence-electron chi connectivity index (χ4n) is 2.44. The van der Waals surface area contributed by atoms with Crippen LogP contribution >= 0.6 is 15.9 Å². The molecule has 1 aromatic heterocycles. The first-order valence-corrected chi connectivity index (χ1v) is 6.96. The second kappa shape index (κ2) is 4.59. The van der Waals surface area contributed by atoms with Crippen LogP contribution in [0.2, 0.25) is 0 Å². The van der Waals surface area contributed by atoms with Crippen LogP contribution < -0.4 is 5.73 Å². The van der Waals surface area contributed by atoms with Gasteiger partial charge < -0.3 is 5.73 Å². The number of rotatable bonds is 1. The first-order valence-electron chi connectivity index (χ1n) is 6.17. The fraction of sp³-hybridized carbons (Fsp3) is 0.133. The zero-order chi connectivity index (χ0) is 14.4. The van der Waals surface area contributed by atoms with E-state index in [-0.39, 0.29) is 5.82 Å². The van der Waals surface area contributed by atoms with Crippen molar-refractivity contribution in [3.05, 3.63) is 51.7 Å². The van der Waals surface area contributed by atoms with Crippen LogP contribution in [0.4, 0.5) is 10.3 Å². The minimum Gasteiger partial charge on any atom is -0.369 e. The number of hydrogen-bond acceptors (Lipinski definition) is 2. The molecule has 5 heteroatoms. The van der Waals surface area contributed by atoms with E-state index in [1.807, 2.05) is 26.0 Å². The summed E-state index contributed by atoms with van der Waals surface area (Å²) >= 11 is 3.16. The third-order valence-electron chi connectivity index (χ3n) is 3.19. The molecule has 0 aliphatic carbocycles. The minimum absolute atomic E-state index is 0.331. The number of imidazole rings is 1. The van der Waals surface area contributed by atoms with Crippen LogP contribution in [-0.4, -0.2) is 9.55 Å². The Kier molecular flexibility index (Phi) is 3.01. The molecule has 0 bridgehead atoms. The summed E-state index contributed by atoms with van der Waals surface area (Å²) < 4.78 is 15.9. The van der Waals surface area contributed by atoms with Crippen LogP contribution in [0, 0.1) is 19.7 Å². The lowest BCUT2D eigenvalue weighted by atomic mass is 10.1. The molecule has 0 amide bonds. The van der Waals surface area contributed by atoms with Gasteiger partial charge in [0, 0.05) is 11.8 Å². The van der Waals surface area contributed by atoms with Gasteiger partial charge in [0.05, 0.1) is 15.5 Å². The highest BCUT2D eigenvalue weighted by molar-refractivity contribution is 9.10. The Morgan fingerprint density at radius 1 is 1.10 bits per heavy atom. The highest BCUT2D eigenvalue weighted by Gasteiger charge is 2.13. The molecular weight excluding hydrogens is 321 g/mol. The topological polar surface area (TPSA) is 43.8 Å². The zero-order valence-electron chi connectivity index (χ0n) is 11.1. The van der Waals surface area contributed by atoms with Crippen LogP contribution in [0.5, 0.6) is 0 Å². The standard InChI is InChI=1S/C15H13BrFN3/c1-8-3-9(2)5-10(4-8)20-14-7-12(17)11(16)6-13(14)19-15(20)18/h3-7H,1-2H3,(H2,18,19). The Bertz CT molecular complexity index is 803. The summed E-state index contributed by atoms with van der Waals surface area (Å²) in [5.41, 5.74) is 10.5. The van der Waals surface area contributed by atoms with Crippen molar-refractivity contribution in [3.8, 4) is 5.69 Å². The highest BCUT2D eigenvalue weighted by atomic mass is 79.9. The molecule has 102 valence electrons. The van der Waals surface area contributed by atoms with Crippen LogP contribution in [0.25, 0.3) is 16.7 Å². The van der Waals surface area contributed by atoms with Gasteiger partial charge in [0.25, 0.3) is 0 Å². The Hall–Kier alpha value is -1.88. The highest BCUT2D eigenvalue weighted by Crippen LogP contribution is 2.28. The normalized spacial score (nSPS) is 11.2. The maximum absolute atomic E-state index is 13.8. The van der Waals surface area contributed by atoms with Crippen molar-refractivity contribution < 1.29 is 4.39 Å². The largest absolute Gasteiger partial charge is 0.369 e. The van der Waals surface area contributed by atoms with Gasteiger partial charge in [-0.25, -0.2) is 9.37 Å². The molecule has 0 saturated carbocycles. The van der Waals surface area contributed by atoms with E-state index in [4.69, 9.17) is 5.73 Å². The van der Waals surface area contributed by atoms with Gasteiger partial charge in [-0.3, -0.25) is 4.57 Å². The number of aryl methyl sites for hydroxylation is 2. The van der Waals surface area contributed by atoms with E-state index in [2.05, 4.69) is 27.0 Å². The molecule has 0 aliphatic rings. The van der Waals surface area contributed by atoms with E-state index in [0.29, 0.717) is 21.5 Å². The number of aromatic nitrogens is 2. The van der Waals surface area contributed by atoms with Gasteiger partial charge >= 0.3 is 0 Å². The summed E-state index contributed by atoms with van der Waals surface area (Å²) in [6.45, 7) is 4.03. The van der Waals surface area contributed by atoms with Crippen molar-refractivity contribution in [1.82, 2.24) is 9.55 Å². The zero-order valence-corrected chi connectivity index (χ0v) is 12.7. The smallest absolute Gasteiger partial charge is 0.205 e. The van der Waals surface area contributed by atoms with E-state index in [1.54, 1.807) is 10.6 Å². The Morgan fingerprint density at radius 2 is 1.75 bits per heavy atom. The first-order chi connectivity index (χ1) is 9.45. The number of nitrogens with two attached hydrogens (primary N) is 1.